The molecule has 0 atom stereocenters. The van der Waals surface area contributed by atoms with Gasteiger partial charge in [-0.2, -0.15) is 0 Å². The summed E-state index contributed by atoms with van der Waals surface area (Å²) in [6, 6.07) is 0. The van der Waals surface area contributed by atoms with Crippen molar-refractivity contribution in [2.75, 3.05) is 0 Å². The molecule has 0 rings (SSSR count). The minimum atomic E-state index is 0. The fraction of sp³-hybridized carbons (Fsp3) is 0. The molecule has 0 heterocycles. The van der Waals surface area contributed by atoms with E-state index in [-0.39, 0.29) is 71.4 Å². The Labute approximate surface area is 70.7 Å². The molecule has 0 spiro atoms. The summed E-state index contributed by atoms with van der Waals surface area (Å²) in [5, 5.41) is 0. The second kappa shape index (κ2) is 19.4. The largest absolute Gasteiger partial charge is 0.114 e. The summed E-state index contributed by atoms with van der Waals surface area (Å²) in [6.07, 6.45) is 0. The van der Waals surface area contributed by atoms with Crippen LogP contribution >= 0.6 is 50.9 Å². The Morgan fingerprint density at radius 3 is 0.500 bits per heavy atom. The van der Waals surface area contributed by atoms with Gasteiger partial charge in [0.15, 0.2) is 0 Å². The van der Waals surface area contributed by atoms with Gasteiger partial charge in [0.1, 0.15) is 0 Å². The molecule has 0 fully saturated rings. The molecular weight excluding hydrogens is 346 g/mol. The molecule has 0 aromatic carbocycles. The van der Waals surface area contributed by atoms with Gasteiger partial charge in [0.2, 0.25) is 0 Å². The quantitative estimate of drug-likeness (QED) is 0.585. The maximum atomic E-state index is 0. The molecule has 0 aliphatic heterocycles. The number of hydrogen-bond acceptors (Lipinski definition) is 0. The zero-order chi connectivity index (χ0) is 0. The summed E-state index contributed by atoms with van der Waals surface area (Å²) in [6.45, 7) is 0. The summed E-state index contributed by atoms with van der Waals surface area (Å²) in [5.41, 5.74) is 0. The topological polar surface area (TPSA) is 0 Å². The Kier molecular flexibility index (Phi) is 175. The predicted molar refractivity (Wildman–Crippen MR) is 31.0 cm³/mol. The number of rotatable bonds is 0. The maximum Gasteiger partial charge on any atom is 0 e. The van der Waals surface area contributed by atoms with Crippen molar-refractivity contribution >= 4 is 50.9 Å². The standard InChI is InChI=1S/3BrH.Pd/h3*1H;. The molecule has 0 unspecified atom stereocenters. The first-order chi connectivity index (χ1) is 0. The van der Waals surface area contributed by atoms with Gasteiger partial charge >= 0.3 is 0 Å². The SMILES string of the molecule is Br.Br.Br.[Pd]. The first-order valence-electron chi connectivity index (χ1n) is 0. The van der Waals surface area contributed by atoms with Crippen LogP contribution in [0.5, 0.6) is 0 Å². The number of hydrogen-bond donors (Lipinski definition) is 0. The van der Waals surface area contributed by atoms with Crippen LogP contribution in [0.25, 0.3) is 0 Å². The number of halogens is 3. The van der Waals surface area contributed by atoms with Crippen LogP contribution in [0, 0.1) is 0 Å². The van der Waals surface area contributed by atoms with Crippen LogP contribution in [-0.4, -0.2) is 0 Å². The Morgan fingerprint density at radius 2 is 0.500 bits per heavy atom. The smallest absolute Gasteiger partial charge is 0 e. The second-order valence-corrected chi connectivity index (χ2v) is 0. The van der Waals surface area contributed by atoms with Crippen molar-refractivity contribution in [1.29, 1.82) is 0 Å². The molecule has 0 aromatic heterocycles. The van der Waals surface area contributed by atoms with Gasteiger partial charge in [0.05, 0.1) is 0 Å². The maximum absolute atomic E-state index is 0. The van der Waals surface area contributed by atoms with Crippen molar-refractivity contribution in [2.45, 2.75) is 0 Å². The first-order valence-corrected chi connectivity index (χ1v) is 0. The van der Waals surface area contributed by atoms with Crippen molar-refractivity contribution in [3.05, 3.63) is 0 Å². The molecular formula is H3Br3Pd. The molecule has 0 amide bonds. The molecule has 0 N–H and O–H groups in total. The Bertz CT molecular complexity index is 3.25. The van der Waals surface area contributed by atoms with Gasteiger partial charge in [-0.3, -0.25) is 0 Å². The first kappa shape index (κ1) is 35.9. The molecule has 4 heavy (non-hydrogen) atoms. The molecule has 0 aromatic rings. The third kappa shape index (κ3) is 8.93. The van der Waals surface area contributed by atoms with E-state index in [0.29, 0.717) is 0 Å². The van der Waals surface area contributed by atoms with Crippen LogP contribution in [0.2, 0.25) is 0 Å². The Morgan fingerprint density at radius 1 is 0.500 bits per heavy atom. The van der Waals surface area contributed by atoms with Crippen LogP contribution in [0.1, 0.15) is 0 Å². The van der Waals surface area contributed by atoms with E-state index in [0.717, 1.165) is 0 Å². The fourth-order valence-corrected chi connectivity index (χ4v) is 0. The monoisotopic (exact) mass is 346 g/mol. The van der Waals surface area contributed by atoms with Gasteiger partial charge in [-0.1, -0.05) is 0 Å². The van der Waals surface area contributed by atoms with Crippen molar-refractivity contribution in [3.8, 4) is 0 Å². The summed E-state index contributed by atoms with van der Waals surface area (Å²) >= 11 is 0. The van der Waals surface area contributed by atoms with E-state index in [1.54, 1.807) is 0 Å². The van der Waals surface area contributed by atoms with Crippen LogP contribution in [0.15, 0.2) is 0 Å². The summed E-state index contributed by atoms with van der Waals surface area (Å²) in [4.78, 5) is 0. The molecule has 0 saturated heterocycles. The minimum Gasteiger partial charge on any atom is -0.114 e. The average molecular weight is 349 g/mol. The summed E-state index contributed by atoms with van der Waals surface area (Å²) in [7, 11) is 0. The fourth-order valence-electron chi connectivity index (χ4n) is 0. The Balaban J connectivity index is 0. The second-order valence-electron chi connectivity index (χ2n) is 0. The minimum absolute atomic E-state index is 0. The molecule has 0 nitrogen and oxygen atoms in total. The molecule has 0 radical (unpaired) electrons. The van der Waals surface area contributed by atoms with Gasteiger partial charge < -0.3 is 0 Å². The molecule has 0 bridgehead atoms. The van der Waals surface area contributed by atoms with E-state index in [1.807, 2.05) is 0 Å². The van der Waals surface area contributed by atoms with Crippen LogP contribution in [-0.2, 0) is 20.4 Å². The van der Waals surface area contributed by atoms with Crippen LogP contribution < -0.4 is 0 Å². The van der Waals surface area contributed by atoms with E-state index < -0.39 is 0 Å². The van der Waals surface area contributed by atoms with Gasteiger partial charge in [-0.05, 0) is 0 Å². The van der Waals surface area contributed by atoms with Crippen molar-refractivity contribution in [1.82, 2.24) is 0 Å². The zero-order valence-corrected chi connectivity index (χ0v) is 8.23. The van der Waals surface area contributed by atoms with Crippen molar-refractivity contribution < 1.29 is 20.4 Å². The zero-order valence-electron chi connectivity index (χ0n) is 1.54. The van der Waals surface area contributed by atoms with E-state index in [1.165, 1.54) is 0 Å². The van der Waals surface area contributed by atoms with Crippen molar-refractivity contribution in [3.63, 3.8) is 0 Å². The normalized spacial score (nSPS) is 0. The Hall–Kier alpha value is 2.10. The third-order valence-electron chi connectivity index (χ3n) is 0. The molecule has 0 aliphatic rings. The average Bonchev–Trinajstić information content (AvgIpc) is 0. The summed E-state index contributed by atoms with van der Waals surface area (Å²) < 4.78 is 0. The molecule has 0 aliphatic carbocycles. The van der Waals surface area contributed by atoms with Gasteiger partial charge in [-0.25, -0.2) is 0 Å². The van der Waals surface area contributed by atoms with E-state index in [2.05, 4.69) is 0 Å². The van der Waals surface area contributed by atoms with Crippen molar-refractivity contribution in [2.24, 2.45) is 0 Å². The molecule has 4 heteroatoms. The predicted octanol–water partition coefficient (Wildman–Crippen LogP) is 1.73. The van der Waals surface area contributed by atoms with Crippen LogP contribution in [0.4, 0.5) is 0 Å². The van der Waals surface area contributed by atoms with E-state index in [4.69, 9.17) is 0 Å². The van der Waals surface area contributed by atoms with Gasteiger partial charge in [-0.15, -0.1) is 50.9 Å². The third-order valence-corrected chi connectivity index (χ3v) is 0. The molecule has 0 saturated carbocycles. The molecule has 34 valence electrons. The van der Waals surface area contributed by atoms with E-state index in [9.17, 15) is 0 Å². The summed E-state index contributed by atoms with van der Waals surface area (Å²) in [5.74, 6) is 0. The van der Waals surface area contributed by atoms with Crippen LogP contribution in [0.3, 0.4) is 0 Å². The van der Waals surface area contributed by atoms with Gasteiger partial charge in [0, 0.05) is 20.4 Å². The van der Waals surface area contributed by atoms with E-state index >= 15 is 0 Å². The van der Waals surface area contributed by atoms with Gasteiger partial charge in [0.25, 0.3) is 0 Å².